The van der Waals surface area contributed by atoms with Crippen LogP contribution in [0.2, 0.25) is 0 Å². The number of β-amino-alcohol motifs (C(OH)–C–C–N with tert-alkyl or cyclic N) is 1. The third-order valence-corrected chi connectivity index (χ3v) is 5.32. The molecule has 4 nitrogen and oxygen atoms in total. The number of nitrogens with zero attached hydrogens (tertiary/aromatic N) is 3. The van der Waals surface area contributed by atoms with E-state index >= 15 is 0 Å². The predicted molar refractivity (Wildman–Crippen MR) is 90.4 cm³/mol. The van der Waals surface area contributed by atoms with Crippen molar-refractivity contribution in [1.82, 2.24) is 14.5 Å². The van der Waals surface area contributed by atoms with E-state index in [1.54, 1.807) is 0 Å². The zero-order valence-corrected chi connectivity index (χ0v) is 13.6. The fraction of sp³-hybridized carbons (Fsp3) is 0.526. The van der Waals surface area contributed by atoms with E-state index in [0.29, 0.717) is 6.04 Å². The summed E-state index contributed by atoms with van der Waals surface area (Å²) < 4.78 is 2.42. The highest BCUT2D eigenvalue weighted by atomic mass is 16.3. The molecule has 2 atom stereocenters. The molecule has 1 aromatic carbocycles. The summed E-state index contributed by atoms with van der Waals surface area (Å²) in [6, 6.07) is 10.5. The highest BCUT2D eigenvalue weighted by molar-refractivity contribution is 5.19. The molecule has 122 valence electrons. The fourth-order valence-electron chi connectivity index (χ4n) is 4.04. The number of hydrogen-bond donors (Lipinski definition) is 1. The minimum absolute atomic E-state index is 0.397. The summed E-state index contributed by atoms with van der Waals surface area (Å²) >= 11 is 0. The molecule has 0 amide bonds. The average molecular weight is 311 g/mol. The van der Waals surface area contributed by atoms with Crippen molar-refractivity contribution >= 4 is 0 Å². The maximum Gasteiger partial charge on any atom is 0.0954 e. The molecule has 1 N–H and O–H groups in total. The van der Waals surface area contributed by atoms with Crippen molar-refractivity contribution in [3.8, 4) is 0 Å². The fourth-order valence-corrected chi connectivity index (χ4v) is 4.04. The van der Waals surface area contributed by atoms with E-state index in [-0.39, 0.29) is 0 Å². The van der Waals surface area contributed by atoms with Crippen LogP contribution in [0, 0.1) is 0 Å². The number of fused-ring (bicyclic) bond motifs is 1. The molecule has 1 fully saturated rings. The Bertz CT molecular complexity index is 652. The van der Waals surface area contributed by atoms with Gasteiger partial charge in [-0.05, 0) is 37.7 Å². The number of aromatic nitrogens is 2. The number of likely N-dealkylation sites (tertiary alicyclic amines) is 1. The van der Waals surface area contributed by atoms with Crippen molar-refractivity contribution in [2.24, 2.45) is 0 Å². The van der Waals surface area contributed by atoms with E-state index in [4.69, 9.17) is 0 Å². The van der Waals surface area contributed by atoms with Crippen LogP contribution >= 0.6 is 0 Å². The maximum atomic E-state index is 10.4. The number of aliphatic hydroxyl groups is 1. The van der Waals surface area contributed by atoms with Crippen LogP contribution < -0.4 is 0 Å². The summed E-state index contributed by atoms with van der Waals surface area (Å²) in [5.41, 5.74) is 3.79. The molecule has 1 aromatic heterocycles. The van der Waals surface area contributed by atoms with Crippen LogP contribution in [0.25, 0.3) is 0 Å². The average Bonchev–Trinajstić information content (AvgIpc) is 3.22. The van der Waals surface area contributed by atoms with Gasteiger partial charge in [-0.2, -0.15) is 0 Å². The minimum Gasteiger partial charge on any atom is -0.387 e. The van der Waals surface area contributed by atoms with Crippen molar-refractivity contribution in [3.05, 3.63) is 53.6 Å². The Morgan fingerprint density at radius 3 is 2.87 bits per heavy atom. The molecule has 1 saturated heterocycles. The standard InChI is InChI=1S/C19H25N3O/c23-19(15-6-2-1-3-7-15)13-21-11-10-16(12-21)22-14-20-17-8-4-5-9-18(17)22/h1-3,6-7,14,16,19,23H,4-5,8-13H2. The van der Waals surface area contributed by atoms with Crippen molar-refractivity contribution < 1.29 is 5.11 Å². The number of benzene rings is 1. The van der Waals surface area contributed by atoms with Gasteiger partial charge in [-0.25, -0.2) is 4.98 Å². The lowest BCUT2D eigenvalue weighted by atomic mass is 10.0. The van der Waals surface area contributed by atoms with Crippen LogP contribution in [0.15, 0.2) is 36.7 Å². The molecule has 0 spiro atoms. The minimum atomic E-state index is -0.397. The molecule has 0 bridgehead atoms. The van der Waals surface area contributed by atoms with Gasteiger partial charge < -0.3 is 9.67 Å². The van der Waals surface area contributed by atoms with Crippen molar-refractivity contribution in [1.29, 1.82) is 0 Å². The molecule has 23 heavy (non-hydrogen) atoms. The second kappa shape index (κ2) is 6.46. The second-order valence-electron chi connectivity index (χ2n) is 6.88. The van der Waals surface area contributed by atoms with E-state index in [2.05, 4.69) is 20.8 Å². The Labute approximate surface area is 137 Å². The van der Waals surface area contributed by atoms with Gasteiger partial charge in [0.25, 0.3) is 0 Å². The van der Waals surface area contributed by atoms with Gasteiger partial charge in [0.15, 0.2) is 0 Å². The first-order valence-corrected chi connectivity index (χ1v) is 8.81. The topological polar surface area (TPSA) is 41.3 Å². The molecule has 0 radical (unpaired) electrons. The van der Waals surface area contributed by atoms with Crippen LogP contribution in [0.4, 0.5) is 0 Å². The van der Waals surface area contributed by atoms with E-state index in [1.807, 2.05) is 30.3 Å². The van der Waals surface area contributed by atoms with Crippen LogP contribution in [-0.2, 0) is 12.8 Å². The summed E-state index contributed by atoms with van der Waals surface area (Å²) in [7, 11) is 0. The first-order valence-electron chi connectivity index (χ1n) is 8.81. The van der Waals surface area contributed by atoms with Crippen LogP contribution in [0.1, 0.15) is 48.4 Å². The van der Waals surface area contributed by atoms with E-state index in [1.165, 1.54) is 30.7 Å². The van der Waals surface area contributed by atoms with E-state index in [9.17, 15) is 5.11 Å². The first-order chi connectivity index (χ1) is 11.3. The van der Waals surface area contributed by atoms with Gasteiger partial charge in [-0.3, -0.25) is 4.90 Å². The molecule has 2 heterocycles. The third-order valence-electron chi connectivity index (χ3n) is 5.32. The molecular formula is C19H25N3O. The lowest BCUT2D eigenvalue weighted by molar-refractivity contribution is 0.124. The predicted octanol–water partition coefficient (Wildman–Crippen LogP) is 2.74. The zero-order chi connectivity index (χ0) is 15.6. The molecule has 1 aliphatic carbocycles. The number of aliphatic hydroxyl groups excluding tert-OH is 1. The summed E-state index contributed by atoms with van der Waals surface area (Å²) in [4.78, 5) is 7.02. The number of imidazole rings is 1. The van der Waals surface area contributed by atoms with E-state index in [0.717, 1.165) is 38.0 Å². The quantitative estimate of drug-likeness (QED) is 0.944. The zero-order valence-electron chi connectivity index (χ0n) is 13.6. The molecule has 4 heteroatoms. The summed E-state index contributed by atoms with van der Waals surface area (Å²) in [6.07, 6.45) is 7.71. The second-order valence-corrected chi connectivity index (χ2v) is 6.88. The highest BCUT2D eigenvalue weighted by Gasteiger charge is 2.28. The van der Waals surface area contributed by atoms with E-state index < -0.39 is 6.10 Å². The molecule has 2 aromatic rings. The van der Waals surface area contributed by atoms with Gasteiger partial charge in [-0.1, -0.05) is 30.3 Å². The van der Waals surface area contributed by atoms with Gasteiger partial charge in [0.05, 0.1) is 18.1 Å². The maximum absolute atomic E-state index is 10.4. The Morgan fingerprint density at radius 2 is 2.00 bits per heavy atom. The number of aryl methyl sites for hydroxylation is 1. The SMILES string of the molecule is OC(CN1CCC(n2cnc3c2CCCC3)C1)c1ccccc1. The van der Waals surface area contributed by atoms with Crippen LogP contribution in [-0.4, -0.2) is 39.2 Å². The molecule has 0 saturated carbocycles. The molecule has 2 aliphatic rings. The normalized spacial score (nSPS) is 22.9. The van der Waals surface area contributed by atoms with Gasteiger partial charge in [0.1, 0.15) is 0 Å². The smallest absolute Gasteiger partial charge is 0.0954 e. The van der Waals surface area contributed by atoms with Gasteiger partial charge >= 0.3 is 0 Å². The molecular weight excluding hydrogens is 286 g/mol. The van der Waals surface area contributed by atoms with Crippen molar-refractivity contribution in [2.75, 3.05) is 19.6 Å². The molecule has 1 aliphatic heterocycles. The van der Waals surface area contributed by atoms with Gasteiger partial charge in [-0.15, -0.1) is 0 Å². The Hall–Kier alpha value is -1.65. The highest BCUT2D eigenvalue weighted by Crippen LogP contribution is 2.29. The number of rotatable bonds is 4. The third kappa shape index (κ3) is 3.06. The van der Waals surface area contributed by atoms with Gasteiger partial charge in [0.2, 0.25) is 0 Å². The monoisotopic (exact) mass is 311 g/mol. The molecule has 2 unspecified atom stereocenters. The lowest BCUT2D eigenvalue weighted by Crippen LogP contribution is -2.27. The Balaban J connectivity index is 1.40. The first kappa shape index (κ1) is 14.9. The van der Waals surface area contributed by atoms with Crippen molar-refractivity contribution in [3.63, 3.8) is 0 Å². The van der Waals surface area contributed by atoms with Crippen molar-refractivity contribution in [2.45, 2.75) is 44.2 Å². The number of hydrogen-bond acceptors (Lipinski definition) is 3. The lowest BCUT2D eigenvalue weighted by Gasteiger charge is -2.22. The summed E-state index contributed by atoms with van der Waals surface area (Å²) in [6.45, 7) is 2.80. The largest absolute Gasteiger partial charge is 0.387 e. The van der Waals surface area contributed by atoms with Gasteiger partial charge in [0, 0.05) is 31.4 Å². The summed E-state index contributed by atoms with van der Waals surface area (Å²) in [5.74, 6) is 0. The Kier molecular flexibility index (Phi) is 4.19. The van der Waals surface area contributed by atoms with Crippen LogP contribution in [0.3, 0.4) is 0 Å². The Morgan fingerprint density at radius 1 is 1.17 bits per heavy atom. The summed E-state index contributed by atoms with van der Waals surface area (Å²) in [5, 5.41) is 10.4. The van der Waals surface area contributed by atoms with Crippen LogP contribution in [0.5, 0.6) is 0 Å². The molecule has 4 rings (SSSR count).